The number of rotatable bonds is 4. The van der Waals surface area contributed by atoms with Crippen LogP contribution < -0.4 is 10.1 Å². The number of nitrogens with zero attached hydrogens (tertiary/aromatic N) is 3. The molecule has 0 aliphatic carbocycles. The lowest BCUT2D eigenvalue weighted by Crippen LogP contribution is -2.24. The Morgan fingerprint density at radius 2 is 2.26 bits per heavy atom. The monoisotopic (exact) mass is 362 g/mol. The second-order valence-corrected chi connectivity index (χ2v) is 6.70. The topological polar surface area (TPSA) is 59.4 Å². The minimum Gasteiger partial charge on any atom is -0.488 e. The Kier molecular flexibility index (Phi) is 4.54. The van der Waals surface area contributed by atoms with E-state index in [1.807, 2.05) is 32.3 Å². The van der Waals surface area contributed by atoms with Crippen molar-refractivity contribution in [2.45, 2.75) is 6.54 Å². The van der Waals surface area contributed by atoms with Gasteiger partial charge in [-0.15, -0.1) is 0 Å². The molecule has 0 atom stereocenters. The van der Waals surface area contributed by atoms with Gasteiger partial charge < -0.3 is 19.5 Å². The van der Waals surface area contributed by atoms with Gasteiger partial charge in [-0.25, -0.2) is 4.98 Å². The highest BCUT2D eigenvalue weighted by atomic mass is 16.5. The van der Waals surface area contributed by atoms with E-state index in [0.717, 1.165) is 34.8 Å². The van der Waals surface area contributed by atoms with Gasteiger partial charge >= 0.3 is 0 Å². The SMILES string of the molecule is CN(Cc1cn(C)c2ccccc12)C(=O)C=Cc1cnc2c(c1)OCCN2. The quantitative estimate of drug-likeness (QED) is 0.725. The average Bonchev–Trinajstić information content (AvgIpc) is 3.01. The first-order valence-electron chi connectivity index (χ1n) is 8.94. The molecular formula is C21H22N4O2. The van der Waals surface area contributed by atoms with Crippen LogP contribution in [-0.2, 0) is 18.4 Å². The van der Waals surface area contributed by atoms with Gasteiger partial charge in [0.15, 0.2) is 11.6 Å². The second-order valence-electron chi connectivity index (χ2n) is 6.70. The van der Waals surface area contributed by atoms with Crippen LogP contribution in [-0.4, -0.2) is 40.6 Å². The highest BCUT2D eigenvalue weighted by molar-refractivity contribution is 5.92. The average molecular weight is 362 g/mol. The summed E-state index contributed by atoms with van der Waals surface area (Å²) in [7, 11) is 3.83. The van der Waals surface area contributed by atoms with Crippen LogP contribution in [0.25, 0.3) is 17.0 Å². The van der Waals surface area contributed by atoms with E-state index >= 15 is 0 Å². The number of fused-ring (bicyclic) bond motifs is 2. The van der Waals surface area contributed by atoms with E-state index in [9.17, 15) is 4.79 Å². The zero-order valence-electron chi connectivity index (χ0n) is 15.5. The summed E-state index contributed by atoms with van der Waals surface area (Å²) in [6, 6.07) is 10.1. The van der Waals surface area contributed by atoms with Gasteiger partial charge in [-0.05, 0) is 29.3 Å². The zero-order valence-corrected chi connectivity index (χ0v) is 15.5. The molecule has 4 rings (SSSR count). The second kappa shape index (κ2) is 7.15. The van der Waals surface area contributed by atoms with Crippen LogP contribution in [0.4, 0.5) is 5.82 Å². The molecule has 138 valence electrons. The van der Waals surface area contributed by atoms with Crippen LogP contribution in [0.5, 0.6) is 5.75 Å². The number of hydrogen-bond acceptors (Lipinski definition) is 4. The van der Waals surface area contributed by atoms with Gasteiger partial charge in [0.05, 0.1) is 6.54 Å². The van der Waals surface area contributed by atoms with E-state index in [1.54, 1.807) is 23.2 Å². The first-order valence-corrected chi connectivity index (χ1v) is 8.94. The van der Waals surface area contributed by atoms with Crippen molar-refractivity contribution >= 4 is 28.7 Å². The molecule has 6 nitrogen and oxygen atoms in total. The highest BCUT2D eigenvalue weighted by Gasteiger charge is 2.12. The Balaban J connectivity index is 1.47. The number of ether oxygens (including phenoxy) is 1. The van der Waals surface area contributed by atoms with Crippen LogP contribution in [0.15, 0.2) is 48.8 Å². The number of aryl methyl sites for hydroxylation is 1. The molecule has 0 unspecified atom stereocenters. The Morgan fingerprint density at radius 3 is 3.15 bits per heavy atom. The van der Waals surface area contributed by atoms with Crippen LogP contribution in [0.1, 0.15) is 11.1 Å². The first-order chi connectivity index (χ1) is 13.1. The number of benzene rings is 1. The Bertz CT molecular complexity index is 1020. The molecule has 6 heteroatoms. The molecule has 1 N–H and O–H groups in total. The number of carbonyl (C=O) groups excluding carboxylic acids is 1. The fourth-order valence-corrected chi connectivity index (χ4v) is 3.30. The molecule has 0 saturated carbocycles. The molecule has 27 heavy (non-hydrogen) atoms. The van der Waals surface area contributed by atoms with E-state index in [1.165, 1.54) is 5.39 Å². The minimum absolute atomic E-state index is 0.0558. The highest BCUT2D eigenvalue weighted by Crippen LogP contribution is 2.26. The predicted octanol–water partition coefficient (Wildman–Crippen LogP) is 3.05. The maximum absolute atomic E-state index is 12.5. The summed E-state index contributed by atoms with van der Waals surface area (Å²) in [5.41, 5.74) is 3.13. The summed E-state index contributed by atoms with van der Waals surface area (Å²) in [6.07, 6.45) is 7.16. The van der Waals surface area contributed by atoms with E-state index < -0.39 is 0 Å². The molecule has 0 bridgehead atoms. The maximum Gasteiger partial charge on any atom is 0.246 e. The third kappa shape index (κ3) is 3.51. The first kappa shape index (κ1) is 17.1. The molecule has 0 radical (unpaired) electrons. The van der Waals surface area contributed by atoms with Crippen molar-refractivity contribution in [3.8, 4) is 5.75 Å². The van der Waals surface area contributed by atoms with Crippen LogP contribution in [0.2, 0.25) is 0 Å². The van der Waals surface area contributed by atoms with Crippen molar-refractivity contribution in [2.75, 3.05) is 25.5 Å². The third-order valence-corrected chi connectivity index (χ3v) is 4.71. The Labute approximate surface area is 158 Å². The molecule has 0 spiro atoms. The van der Waals surface area contributed by atoms with E-state index in [4.69, 9.17) is 4.74 Å². The number of pyridine rings is 1. The Hall–Kier alpha value is -3.28. The van der Waals surface area contributed by atoms with Gasteiger partial charge in [0.2, 0.25) is 5.91 Å². The number of carbonyl (C=O) groups is 1. The molecule has 0 saturated heterocycles. The van der Waals surface area contributed by atoms with Crippen molar-refractivity contribution in [3.05, 3.63) is 59.9 Å². The molecule has 3 heterocycles. The van der Waals surface area contributed by atoms with Crippen molar-refractivity contribution in [3.63, 3.8) is 0 Å². The summed E-state index contributed by atoms with van der Waals surface area (Å²) in [5.74, 6) is 1.41. The smallest absolute Gasteiger partial charge is 0.246 e. The molecule has 1 aromatic carbocycles. The number of nitrogens with one attached hydrogen (secondary N) is 1. The maximum atomic E-state index is 12.5. The summed E-state index contributed by atoms with van der Waals surface area (Å²) in [4.78, 5) is 18.6. The van der Waals surface area contributed by atoms with Crippen molar-refractivity contribution in [1.29, 1.82) is 0 Å². The lowest BCUT2D eigenvalue weighted by atomic mass is 10.1. The van der Waals surface area contributed by atoms with Crippen molar-refractivity contribution < 1.29 is 9.53 Å². The molecule has 2 aromatic heterocycles. The summed E-state index contributed by atoms with van der Waals surface area (Å²) in [5, 5.41) is 4.35. The van der Waals surface area contributed by atoms with E-state index in [2.05, 4.69) is 33.2 Å². The van der Waals surface area contributed by atoms with E-state index in [0.29, 0.717) is 13.2 Å². The standard InChI is InChI=1S/C21H22N4O2/c1-24-13-16(17-5-3-4-6-18(17)24)14-25(2)20(26)8-7-15-11-19-21(23-12-15)22-9-10-27-19/h3-8,11-13H,9-10,14H2,1-2H3,(H,22,23). The van der Waals surface area contributed by atoms with Crippen molar-refractivity contribution in [2.24, 2.45) is 7.05 Å². The third-order valence-electron chi connectivity index (χ3n) is 4.71. The number of aromatic nitrogens is 2. The van der Waals surface area contributed by atoms with Crippen LogP contribution in [0.3, 0.4) is 0 Å². The molecule has 1 amide bonds. The van der Waals surface area contributed by atoms with Gasteiger partial charge in [0.1, 0.15) is 6.61 Å². The molecule has 0 fully saturated rings. The van der Waals surface area contributed by atoms with Gasteiger partial charge in [-0.3, -0.25) is 4.79 Å². The normalized spacial score (nSPS) is 13.3. The molecule has 3 aromatic rings. The number of anilines is 1. The lowest BCUT2D eigenvalue weighted by Gasteiger charge is -2.18. The summed E-state index contributed by atoms with van der Waals surface area (Å²) < 4.78 is 7.67. The zero-order chi connectivity index (χ0) is 18.8. The number of para-hydroxylation sites is 1. The summed E-state index contributed by atoms with van der Waals surface area (Å²) >= 11 is 0. The van der Waals surface area contributed by atoms with Crippen LogP contribution in [0, 0.1) is 0 Å². The van der Waals surface area contributed by atoms with Gasteiger partial charge in [0, 0.05) is 50.0 Å². The fraction of sp³-hybridized carbons (Fsp3) is 0.238. The number of hydrogen-bond donors (Lipinski definition) is 1. The number of amides is 1. The van der Waals surface area contributed by atoms with E-state index in [-0.39, 0.29) is 5.91 Å². The van der Waals surface area contributed by atoms with Gasteiger partial charge in [-0.1, -0.05) is 18.2 Å². The van der Waals surface area contributed by atoms with Crippen molar-refractivity contribution in [1.82, 2.24) is 14.5 Å². The fourth-order valence-electron chi connectivity index (χ4n) is 3.30. The van der Waals surface area contributed by atoms with Gasteiger partial charge in [0.25, 0.3) is 0 Å². The van der Waals surface area contributed by atoms with Gasteiger partial charge in [-0.2, -0.15) is 0 Å². The lowest BCUT2D eigenvalue weighted by molar-refractivity contribution is -0.125. The minimum atomic E-state index is -0.0558. The largest absolute Gasteiger partial charge is 0.488 e. The molecule has 1 aliphatic rings. The molecule has 1 aliphatic heterocycles. The van der Waals surface area contributed by atoms with Crippen LogP contribution >= 0.6 is 0 Å². The molecular weight excluding hydrogens is 340 g/mol. The predicted molar refractivity (Wildman–Crippen MR) is 107 cm³/mol. The Morgan fingerprint density at radius 1 is 1.41 bits per heavy atom. The number of likely N-dealkylation sites (N-methyl/N-ethyl adjacent to an activating group) is 1. The summed E-state index contributed by atoms with van der Waals surface area (Å²) in [6.45, 7) is 1.93.